The van der Waals surface area contributed by atoms with E-state index in [0.717, 1.165) is 0 Å². The molecule has 2 rings (SSSR count). The molecule has 0 unspecified atom stereocenters. The second-order valence-corrected chi connectivity index (χ2v) is 3.97. The van der Waals surface area contributed by atoms with Gasteiger partial charge in [-0.3, -0.25) is 0 Å². The molecule has 2 aromatic rings. The summed E-state index contributed by atoms with van der Waals surface area (Å²) in [6.07, 6.45) is 2.88. The van der Waals surface area contributed by atoms with Crippen LogP contribution >= 0.6 is 15.9 Å². The van der Waals surface area contributed by atoms with E-state index in [2.05, 4.69) is 31.2 Å². The van der Waals surface area contributed by atoms with Gasteiger partial charge >= 0.3 is 0 Å². The van der Waals surface area contributed by atoms with E-state index in [1.165, 1.54) is 18.5 Å². The van der Waals surface area contributed by atoms with Gasteiger partial charge in [0.1, 0.15) is 11.9 Å². The van der Waals surface area contributed by atoms with Crippen LogP contribution in [0.15, 0.2) is 35.1 Å². The summed E-state index contributed by atoms with van der Waals surface area (Å²) in [7, 11) is 0. The molecule has 0 saturated carbocycles. The lowest BCUT2D eigenvalue weighted by Gasteiger charge is -2.06. The van der Waals surface area contributed by atoms with E-state index >= 15 is 0 Å². The average molecular weight is 293 g/mol. The van der Waals surface area contributed by atoms with Crippen LogP contribution in [-0.2, 0) is 0 Å². The van der Waals surface area contributed by atoms with Gasteiger partial charge in [0, 0.05) is 18.1 Å². The van der Waals surface area contributed by atoms with Crippen LogP contribution in [0.1, 0.15) is 5.69 Å². The molecule has 17 heavy (non-hydrogen) atoms. The van der Waals surface area contributed by atoms with Crippen molar-refractivity contribution in [3.05, 3.63) is 46.6 Å². The van der Waals surface area contributed by atoms with E-state index in [1.54, 1.807) is 12.1 Å². The van der Waals surface area contributed by atoms with Gasteiger partial charge in [-0.05, 0) is 34.1 Å². The molecule has 4 nitrogen and oxygen atoms in total. The van der Waals surface area contributed by atoms with E-state index in [9.17, 15) is 4.39 Å². The highest BCUT2D eigenvalue weighted by Gasteiger charge is 2.06. The summed E-state index contributed by atoms with van der Waals surface area (Å²) in [6.45, 7) is 0. The molecule has 0 saturated heterocycles. The summed E-state index contributed by atoms with van der Waals surface area (Å²) >= 11 is 3.06. The van der Waals surface area contributed by atoms with Crippen molar-refractivity contribution in [1.29, 1.82) is 5.26 Å². The van der Waals surface area contributed by atoms with E-state index in [-0.39, 0.29) is 5.69 Å². The molecule has 1 aromatic carbocycles. The molecule has 0 aliphatic carbocycles. The summed E-state index contributed by atoms with van der Waals surface area (Å²) in [5.74, 6) is -0.0888. The summed E-state index contributed by atoms with van der Waals surface area (Å²) in [5.41, 5.74) is 0.665. The lowest BCUT2D eigenvalue weighted by Crippen LogP contribution is -1.98. The summed E-state index contributed by atoms with van der Waals surface area (Å²) in [4.78, 5) is 7.81. The third-order valence-corrected chi connectivity index (χ3v) is 2.63. The van der Waals surface area contributed by atoms with Gasteiger partial charge in [0.05, 0.1) is 4.47 Å². The number of aromatic nitrogens is 2. The highest BCUT2D eigenvalue weighted by Crippen LogP contribution is 2.22. The van der Waals surface area contributed by atoms with E-state index < -0.39 is 5.82 Å². The SMILES string of the molecule is N#Cc1nccnc1Nc1ccc(Br)c(F)c1. The Hall–Kier alpha value is -2.00. The molecule has 0 bridgehead atoms. The molecule has 0 radical (unpaired) electrons. The maximum Gasteiger partial charge on any atom is 0.183 e. The Morgan fingerprint density at radius 1 is 1.29 bits per heavy atom. The van der Waals surface area contributed by atoms with Gasteiger partial charge in [-0.25, -0.2) is 14.4 Å². The van der Waals surface area contributed by atoms with Crippen LogP contribution in [0.3, 0.4) is 0 Å². The monoisotopic (exact) mass is 292 g/mol. The Labute approximate surface area is 105 Å². The average Bonchev–Trinajstić information content (AvgIpc) is 2.34. The smallest absolute Gasteiger partial charge is 0.183 e. The van der Waals surface area contributed by atoms with Crippen molar-refractivity contribution in [2.75, 3.05) is 5.32 Å². The van der Waals surface area contributed by atoms with Gasteiger partial charge in [0.25, 0.3) is 0 Å². The van der Waals surface area contributed by atoms with Crippen molar-refractivity contribution in [3.8, 4) is 6.07 Å². The summed E-state index contributed by atoms with van der Waals surface area (Å²) in [6, 6.07) is 6.45. The number of halogens is 2. The second kappa shape index (κ2) is 4.89. The maximum atomic E-state index is 13.3. The first-order valence-electron chi connectivity index (χ1n) is 4.64. The van der Waals surface area contributed by atoms with Crippen molar-refractivity contribution < 1.29 is 4.39 Å². The molecule has 0 aliphatic heterocycles. The van der Waals surface area contributed by atoms with Crippen molar-refractivity contribution in [2.24, 2.45) is 0 Å². The third kappa shape index (κ3) is 2.57. The molecular formula is C11H6BrFN4. The molecule has 0 amide bonds. The van der Waals surface area contributed by atoms with E-state index in [4.69, 9.17) is 5.26 Å². The molecule has 1 aromatic heterocycles. The minimum Gasteiger partial charge on any atom is -0.338 e. The third-order valence-electron chi connectivity index (χ3n) is 1.99. The zero-order chi connectivity index (χ0) is 12.3. The fourth-order valence-electron chi connectivity index (χ4n) is 1.22. The molecule has 0 atom stereocenters. The molecule has 0 spiro atoms. The zero-order valence-electron chi connectivity index (χ0n) is 8.48. The topological polar surface area (TPSA) is 61.6 Å². The Kier molecular flexibility index (Phi) is 3.30. The number of nitrogens with zero attached hydrogens (tertiary/aromatic N) is 3. The number of anilines is 2. The van der Waals surface area contributed by atoms with Gasteiger partial charge in [-0.15, -0.1) is 0 Å². The molecule has 1 heterocycles. The molecule has 84 valence electrons. The summed E-state index contributed by atoms with van der Waals surface area (Å²) in [5, 5.41) is 11.7. The first kappa shape index (κ1) is 11.5. The maximum absolute atomic E-state index is 13.3. The number of hydrogen-bond acceptors (Lipinski definition) is 4. The highest BCUT2D eigenvalue weighted by molar-refractivity contribution is 9.10. The minimum atomic E-state index is -0.391. The van der Waals surface area contributed by atoms with Crippen molar-refractivity contribution in [1.82, 2.24) is 9.97 Å². The first-order valence-corrected chi connectivity index (χ1v) is 5.43. The number of nitrogens with one attached hydrogen (secondary N) is 1. The fraction of sp³-hybridized carbons (Fsp3) is 0. The van der Waals surface area contributed by atoms with E-state index in [1.807, 2.05) is 6.07 Å². The number of hydrogen-bond donors (Lipinski definition) is 1. The molecule has 6 heteroatoms. The van der Waals surface area contributed by atoms with Crippen LogP contribution in [0.5, 0.6) is 0 Å². The van der Waals surface area contributed by atoms with Crippen LogP contribution in [0.25, 0.3) is 0 Å². The Morgan fingerprint density at radius 3 is 2.76 bits per heavy atom. The van der Waals surface area contributed by atoms with Crippen LogP contribution in [0.4, 0.5) is 15.9 Å². The molecule has 0 aliphatic rings. The minimum absolute atomic E-state index is 0.163. The van der Waals surface area contributed by atoms with Gasteiger partial charge in [-0.2, -0.15) is 5.26 Å². The van der Waals surface area contributed by atoms with Crippen molar-refractivity contribution >= 4 is 27.4 Å². The van der Waals surface area contributed by atoms with E-state index in [0.29, 0.717) is 16.0 Å². The standard InChI is InChI=1S/C11H6BrFN4/c12-8-2-1-7(5-9(8)13)17-11-10(6-14)15-3-4-16-11/h1-5H,(H,16,17). The summed E-state index contributed by atoms with van der Waals surface area (Å²) < 4.78 is 13.7. The normalized spacial score (nSPS) is 9.71. The molecule has 0 fully saturated rings. The Morgan fingerprint density at radius 2 is 2.06 bits per heavy atom. The Balaban J connectivity index is 2.32. The van der Waals surface area contributed by atoms with Crippen LogP contribution in [0, 0.1) is 17.1 Å². The van der Waals surface area contributed by atoms with Crippen molar-refractivity contribution in [2.45, 2.75) is 0 Å². The van der Waals surface area contributed by atoms with Gasteiger partial charge in [0.2, 0.25) is 0 Å². The van der Waals surface area contributed by atoms with Gasteiger partial charge in [-0.1, -0.05) is 0 Å². The van der Waals surface area contributed by atoms with Crippen molar-refractivity contribution in [3.63, 3.8) is 0 Å². The van der Waals surface area contributed by atoms with Gasteiger partial charge < -0.3 is 5.32 Å². The number of benzene rings is 1. The largest absolute Gasteiger partial charge is 0.338 e. The van der Waals surface area contributed by atoms with Crippen LogP contribution < -0.4 is 5.32 Å². The molecule has 1 N–H and O–H groups in total. The van der Waals surface area contributed by atoms with Gasteiger partial charge in [0.15, 0.2) is 11.5 Å². The second-order valence-electron chi connectivity index (χ2n) is 3.12. The lowest BCUT2D eigenvalue weighted by molar-refractivity contribution is 0.622. The lowest BCUT2D eigenvalue weighted by atomic mass is 10.3. The van der Waals surface area contributed by atoms with Crippen LogP contribution in [0.2, 0.25) is 0 Å². The molecular weight excluding hydrogens is 287 g/mol. The first-order chi connectivity index (χ1) is 8.20. The fourth-order valence-corrected chi connectivity index (χ4v) is 1.47. The number of rotatable bonds is 2. The number of nitriles is 1. The highest BCUT2D eigenvalue weighted by atomic mass is 79.9. The quantitative estimate of drug-likeness (QED) is 0.924. The predicted molar refractivity (Wildman–Crippen MR) is 64.1 cm³/mol. The zero-order valence-corrected chi connectivity index (χ0v) is 10.1. The predicted octanol–water partition coefficient (Wildman–Crippen LogP) is 2.99. The Bertz CT molecular complexity index is 594. The van der Waals surface area contributed by atoms with Crippen LogP contribution in [-0.4, -0.2) is 9.97 Å².